The molecule has 1 fully saturated rings. The minimum Gasteiger partial charge on any atom is -0.399 e. The van der Waals surface area contributed by atoms with Crippen LogP contribution in [0.15, 0.2) is 24.3 Å². The second-order valence-electron chi connectivity index (χ2n) is 4.19. The van der Waals surface area contributed by atoms with Crippen molar-refractivity contribution in [1.29, 1.82) is 0 Å². The summed E-state index contributed by atoms with van der Waals surface area (Å²) < 4.78 is 0. The van der Waals surface area contributed by atoms with Crippen LogP contribution in [0.4, 0.5) is 16.2 Å². The highest BCUT2D eigenvalue weighted by atomic mass is 16.2. The summed E-state index contributed by atoms with van der Waals surface area (Å²) in [5.74, 6) is -0.337. The monoisotopic (exact) mass is 233 g/mol. The molecule has 0 saturated carbocycles. The number of carbonyl (C=O) groups is 2. The van der Waals surface area contributed by atoms with Gasteiger partial charge in [-0.1, -0.05) is 6.92 Å². The van der Waals surface area contributed by atoms with E-state index in [0.29, 0.717) is 24.3 Å². The van der Waals surface area contributed by atoms with Gasteiger partial charge in [0.1, 0.15) is 0 Å². The number of rotatable bonds is 1. The topological polar surface area (TPSA) is 75.4 Å². The Morgan fingerprint density at radius 3 is 2.59 bits per heavy atom. The second kappa shape index (κ2) is 4.45. The van der Waals surface area contributed by atoms with Crippen molar-refractivity contribution in [2.24, 2.45) is 5.92 Å². The summed E-state index contributed by atoms with van der Waals surface area (Å²) in [6.45, 7) is 2.35. The van der Waals surface area contributed by atoms with Crippen molar-refractivity contribution in [3.05, 3.63) is 24.3 Å². The van der Waals surface area contributed by atoms with Crippen LogP contribution in [0.25, 0.3) is 0 Å². The van der Waals surface area contributed by atoms with E-state index in [1.807, 2.05) is 6.92 Å². The molecule has 1 aromatic rings. The summed E-state index contributed by atoms with van der Waals surface area (Å²) in [5.41, 5.74) is 6.73. The predicted octanol–water partition coefficient (Wildman–Crippen LogP) is 1.35. The number of nitrogens with one attached hydrogen (secondary N) is 1. The predicted molar refractivity (Wildman–Crippen MR) is 65.5 cm³/mol. The fourth-order valence-electron chi connectivity index (χ4n) is 1.79. The van der Waals surface area contributed by atoms with E-state index in [1.165, 1.54) is 4.90 Å². The van der Waals surface area contributed by atoms with Crippen LogP contribution in [0, 0.1) is 5.92 Å². The summed E-state index contributed by atoms with van der Waals surface area (Å²) in [6, 6.07) is 6.32. The molecular formula is C12H15N3O2. The van der Waals surface area contributed by atoms with Crippen molar-refractivity contribution in [2.45, 2.75) is 13.3 Å². The van der Waals surface area contributed by atoms with Gasteiger partial charge in [0.15, 0.2) is 0 Å². The van der Waals surface area contributed by atoms with Crippen LogP contribution in [0.3, 0.4) is 0 Å². The first-order valence-corrected chi connectivity index (χ1v) is 5.57. The van der Waals surface area contributed by atoms with E-state index < -0.39 is 0 Å². The molecule has 17 heavy (non-hydrogen) atoms. The molecule has 1 aliphatic heterocycles. The molecule has 0 aliphatic carbocycles. The molecule has 90 valence electrons. The standard InChI is InChI=1S/C12H15N3O2/c1-8-6-7-14-12(17)15(11(8)16)10-4-2-9(13)3-5-10/h2-5,8H,6-7,13H2,1H3,(H,14,17). The highest BCUT2D eigenvalue weighted by Gasteiger charge is 2.30. The lowest BCUT2D eigenvalue weighted by Gasteiger charge is -2.20. The van der Waals surface area contributed by atoms with Gasteiger partial charge in [0.05, 0.1) is 5.69 Å². The van der Waals surface area contributed by atoms with Gasteiger partial charge < -0.3 is 11.1 Å². The highest BCUT2D eigenvalue weighted by molar-refractivity contribution is 6.15. The first-order chi connectivity index (χ1) is 8.09. The summed E-state index contributed by atoms with van der Waals surface area (Å²) in [6.07, 6.45) is 0.663. The molecule has 3 N–H and O–H groups in total. The minimum absolute atomic E-state index is 0.161. The molecule has 1 saturated heterocycles. The summed E-state index contributed by atoms with van der Waals surface area (Å²) in [5, 5.41) is 2.70. The third kappa shape index (κ3) is 2.22. The molecule has 0 bridgehead atoms. The zero-order valence-corrected chi connectivity index (χ0v) is 9.64. The Morgan fingerprint density at radius 1 is 1.29 bits per heavy atom. The lowest BCUT2D eigenvalue weighted by Crippen LogP contribution is -2.42. The Kier molecular flexibility index (Phi) is 2.99. The van der Waals surface area contributed by atoms with Gasteiger partial charge in [-0.3, -0.25) is 4.79 Å². The number of anilines is 2. The third-order valence-corrected chi connectivity index (χ3v) is 2.85. The number of benzene rings is 1. The van der Waals surface area contributed by atoms with Crippen LogP contribution in [-0.2, 0) is 4.79 Å². The maximum absolute atomic E-state index is 12.1. The van der Waals surface area contributed by atoms with E-state index in [4.69, 9.17) is 5.73 Å². The maximum atomic E-state index is 12.1. The van der Waals surface area contributed by atoms with Gasteiger partial charge in [-0.15, -0.1) is 0 Å². The molecule has 0 radical (unpaired) electrons. The van der Waals surface area contributed by atoms with Crippen molar-refractivity contribution in [3.63, 3.8) is 0 Å². The van der Waals surface area contributed by atoms with Crippen molar-refractivity contribution >= 4 is 23.3 Å². The van der Waals surface area contributed by atoms with Crippen molar-refractivity contribution < 1.29 is 9.59 Å². The van der Waals surface area contributed by atoms with Gasteiger partial charge in [0.2, 0.25) is 5.91 Å². The molecule has 1 unspecified atom stereocenters. The van der Waals surface area contributed by atoms with Crippen LogP contribution < -0.4 is 16.0 Å². The Bertz CT molecular complexity index is 442. The minimum atomic E-state index is -0.371. The smallest absolute Gasteiger partial charge is 0.328 e. The van der Waals surface area contributed by atoms with Crippen LogP contribution in [-0.4, -0.2) is 18.5 Å². The molecule has 5 nitrogen and oxygen atoms in total. The molecule has 2 rings (SSSR count). The second-order valence-corrected chi connectivity index (χ2v) is 4.19. The molecule has 1 aliphatic rings. The zero-order chi connectivity index (χ0) is 12.4. The number of nitrogens with zero attached hydrogens (tertiary/aromatic N) is 1. The highest BCUT2D eigenvalue weighted by Crippen LogP contribution is 2.21. The van der Waals surface area contributed by atoms with E-state index in [-0.39, 0.29) is 17.9 Å². The zero-order valence-electron chi connectivity index (χ0n) is 9.64. The normalized spacial score (nSPS) is 21.0. The van der Waals surface area contributed by atoms with Crippen molar-refractivity contribution in [2.75, 3.05) is 17.2 Å². The van der Waals surface area contributed by atoms with E-state index in [1.54, 1.807) is 24.3 Å². The summed E-state index contributed by atoms with van der Waals surface area (Å²) >= 11 is 0. The Hall–Kier alpha value is -2.04. The molecule has 3 amide bonds. The average molecular weight is 233 g/mol. The maximum Gasteiger partial charge on any atom is 0.328 e. The van der Waals surface area contributed by atoms with Gasteiger partial charge in [-0.25, -0.2) is 9.69 Å². The van der Waals surface area contributed by atoms with Gasteiger partial charge in [-0.2, -0.15) is 0 Å². The van der Waals surface area contributed by atoms with Gasteiger partial charge in [-0.05, 0) is 30.7 Å². The largest absolute Gasteiger partial charge is 0.399 e. The number of hydrogen-bond donors (Lipinski definition) is 2. The number of amides is 3. The van der Waals surface area contributed by atoms with Crippen molar-refractivity contribution in [3.8, 4) is 0 Å². The van der Waals surface area contributed by atoms with Crippen LogP contribution in [0.2, 0.25) is 0 Å². The molecule has 0 aromatic heterocycles. The van der Waals surface area contributed by atoms with E-state index in [0.717, 1.165) is 0 Å². The average Bonchev–Trinajstić information content (AvgIpc) is 2.42. The first-order valence-electron chi connectivity index (χ1n) is 5.57. The van der Waals surface area contributed by atoms with Gasteiger partial charge in [0.25, 0.3) is 0 Å². The van der Waals surface area contributed by atoms with E-state index >= 15 is 0 Å². The molecule has 1 heterocycles. The quantitative estimate of drug-likeness (QED) is 0.719. The fourth-order valence-corrected chi connectivity index (χ4v) is 1.79. The molecule has 1 aromatic carbocycles. The van der Waals surface area contributed by atoms with Crippen LogP contribution >= 0.6 is 0 Å². The molecular weight excluding hydrogens is 218 g/mol. The lowest BCUT2D eigenvalue weighted by atomic mass is 10.1. The number of nitrogen functional groups attached to an aromatic ring is 1. The molecule has 0 spiro atoms. The fraction of sp³-hybridized carbons (Fsp3) is 0.333. The van der Waals surface area contributed by atoms with Gasteiger partial charge in [0, 0.05) is 18.2 Å². The third-order valence-electron chi connectivity index (χ3n) is 2.85. The first kappa shape index (κ1) is 11.4. The van der Waals surface area contributed by atoms with Gasteiger partial charge >= 0.3 is 6.03 Å². The Morgan fingerprint density at radius 2 is 1.94 bits per heavy atom. The van der Waals surface area contributed by atoms with Crippen LogP contribution in [0.5, 0.6) is 0 Å². The van der Waals surface area contributed by atoms with E-state index in [2.05, 4.69) is 5.32 Å². The number of nitrogens with two attached hydrogens (primary N) is 1. The summed E-state index contributed by atoms with van der Waals surface area (Å²) in [7, 11) is 0. The number of hydrogen-bond acceptors (Lipinski definition) is 3. The summed E-state index contributed by atoms with van der Waals surface area (Å²) in [4.78, 5) is 25.1. The Balaban J connectivity index is 2.36. The number of imide groups is 1. The number of carbonyl (C=O) groups excluding carboxylic acids is 2. The Labute approximate surface area is 99.6 Å². The van der Waals surface area contributed by atoms with Crippen LogP contribution in [0.1, 0.15) is 13.3 Å². The number of urea groups is 1. The molecule has 1 atom stereocenters. The molecule has 5 heteroatoms. The SMILES string of the molecule is CC1CCNC(=O)N(c2ccc(N)cc2)C1=O. The lowest BCUT2D eigenvalue weighted by molar-refractivity contribution is -0.121. The van der Waals surface area contributed by atoms with Crippen molar-refractivity contribution in [1.82, 2.24) is 5.32 Å². The van der Waals surface area contributed by atoms with E-state index in [9.17, 15) is 9.59 Å².